The van der Waals surface area contributed by atoms with Crippen LogP contribution in [-0.4, -0.2) is 48.3 Å². The Bertz CT molecular complexity index is 255. The van der Waals surface area contributed by atoms with Crippen molar-refractivity contribution >= 4 is 0 Å². The fraction of sp³-hybridized carbons (Fsp3) is 1.00. The SMILES string of the molecule is CCNC1CCC(N2CC(C)OC(C)(C)C2)C1. The third-order valence-electron chi connectivity index (χ3n) is 4.01. The van der Waals surface area contributed by atoms with Gasteiger partial charge in [0.25, 0.3) is 0 Å². The van der Waals surface area contributed by atoms with Crippen LogP contribution >= 0.6 is 0 Å². The smallest absolute Gasteiger partial charge is 0.0757 e. The van der Waals surface area contributed by atoms with E-state index in [1.54, 1.807) is 0 Å². The van der Waals surface area contributed by atoms with Gasteiger partial charge in [0.05, 0.1) is 11.7 Å². The van der Waals surface area contributed by atoms with E-state index >= 15 is 0 Å². The molecule has 0 radical (unpaired) electrons. The zero-order chi connectivity index (χ0) is 12.5. The monoisotopic (exact) mass is 240 g/mol. The van der Waals surface area contributed by atoms with Crippen molar-refractivity contribution in [3.05, 3.63) is 0 Å². The zero-order valence-electron chi connectivity index (χ0n) is 11.8. The standard InChI is InChI=1S/C14H28N2O/c1-5-15-12-6-7-13(8-12)16-9-11(2)17-14(3,4)10-16/h11-13,15H,5-10H2,1-4H3. The second-order valence-electron chi connectivity index (χ2n) is 6.34. The van der Waals surface area contributed by atoms with Gasteiger partial charge in [0.15, 0.2) is 0 Å². The van der Waals surface area contributed by atoms with Gasteiger partial charge < -0.3 is 10.1 Å². The maximum atomic E-state index is 5.98. The third kappa shape index (κ3) is 3.43. The first-order chi connectivity index (χ1) is 8.00. The highest BCUT2D eigenvalue weighted by atomic mass is 16.5. The highest BCUT2D eigenvalue weighted by Gasteiger charge is 2.37. The van der Waals surface area contributed by atoms with Crippen molar-refractivity contribution in [3.63, 3.8) is 0 Å². The summed E-state index contributed by atoms with van der Waals surface area (Å²) in [5.41, 5.74) is 0.0218. The van der Waals surface area contributed by atoms with Gasteiger partial charge in [0.2, 0.25) is 0 Å². The van der Waals surface area contributed by atoms with Crippen LogP contribution in [0.5, 0.6) is 0 Å². The molecule has 1 N–H and O–H groups in total. The molecule has 1 aliphatic heterocycles. The Hall–Kier alpha value is -0.120. The van der Waals surface area contributed by atoms with Gasteiger partial charge in [0.1, 0.15) is 0 Å². The minimum atomic E-state index is 0.0218. The normalized spacial score (nSPS) is 38.5. The summed E-state index contributed by atoms with van der Waals surface area (Å²) >= 11 is 0. The Balaban J connectivity index is 1.90. The van der Waals surface area contributed by atoms with Crippen LogP contribution in [0, 0.1) is 0 Å². The lowest BCUT2D eigenvalue weighted by molar-refractivity contribution is -0.137. The van der Waals surface area contributed by atoms with E-state index in [2.05, 4.69) is 37.9 Å². The van der Waals surface area contributed by atoms with Crippen molar-refractivity contribution in [1.29, 1.82) is 0 Å². The van der Waals surface area contributed by atoms with Crippen molar-refractivity contribution in [2.24, 2.45) is 0 Å². The summed E-state index contributed by atoms with van der Waals surface area (Å²) in [5, 5.41) is 3.59. The molecule has 2 rings (SSSR count). The summed E-state index contributed by atoms with van der Waals surface area (Å²) in [6.45, 7) is 12.1. The number of nitrogens with one attached hydrogen (secondary N) is 1. The van der Waals surface area contributed by atoms with Crippen LogP contribution in [0.1, 0.15) is 47.0 Å². The van der Waals surface area contributed by atoms with Gasteiger partial charge >= 0.3 is 0 Å². The summed E-state index contributed by atoms with van der Waals surface area (Å²) < 4.78 is 5.98. The third-order valence-corrected chi connectivity index (χ3v) is 4.01. The molecule has 2 fully saturated rings. The summed E-state index contributed by atoms with van der Waals surface area (Å²) in [4.78, 5) is 2.66. The minimum Gasteiger partial charge on any atom is -0.370 e. The Morgan fingerprint density at radius 3 is 2.76 bits per heavy atom. The molecule has 2 aliphatic rings. The molecule has 1 aliphatic carbocycles. The van der Waals surface area contributed by atoms with Gasteiger partial charge in [-0.15, -0.1) is 0 Å². The number of ether oxygens (including phenoxy) is 1. The number of hydrogen-bond donors (Lipinski definition) is 1. The first-order valence-corrected chi connectivity index (χ1v) is 7.15. The zero-order valence-corrected chi connectivity index (χ0v) is 11.8. The Labute approximate surface area is 106 Å². The molecule has 3 atom stereocenters. The van der Waals surface area contributed by atoms with Gasteiger partial charge in [-0.1, -0.05) is 6.92 Å². The molecule has 0 aromatic rings. The highest BCUT2D eigenvalue weighted by Crippen LogP contribution is 2.29. The summed E-state index contributed by atoms with van der Waals surface area (Å²) in [6, 6.07) is 1.51. The molecule has 3 unspecified atom stereocenters. The summed E-state index contributed by atoms with van der Waals surface area (Å²) in [7, 11) is 0. The van der Waals surface area contributed by atoms with Gasteiger partial charge in [-0.3, -0.25) is 4.90 Å². The van der Waals surface area contributed by atoms with E-state index in [1.165, 1.54) is 19.3 Å². The molecular weight excluding hydrogens is 212 g/mol. The van der Waals surface area contributed by atoms with E-state index in [0.29, 0.717) is 6.10 Å². The largest absolute Gasteiger partial charge is 0.370 e. The van der Waals surface area contributed by atoms with Crippen molar-refractivity contribution in [2.45, 2.75) is 70.7 Å². The lowest BCUT2D eigenvalue weighted by atomic mass is 10.0. The number of nitrogens with zero attached hydrogens (tertiary/aromatic N) is 1. The van der Waals surface area contributed by atoms with Crippen LogP contribution in [0.3, 0.4) is 0 Å². The summed E-state index contributed by atoms with van der Waals surface area (Å²) in [5.74, 6) is 0. The fourth-order valence-electron chi connectivity index (χ4n) is 3.54. The Kier molecular flexibility index (Phi) is 4.11. The van der Waals surface area contributed by atoms with Gasteiger partial charge in [-0.05, 0) is 46.6 Å². The van der Waals surface area contributed by atoms with Crippen molar-refractivity contribution in [1.82, 2.24) is 10.2 Å². The van der Waals surface area contributed by atoms with E-state index in [1.807, 2.05) is 0 Å². The average Bonchev–Trinajstić information content (AvgIpc) is 2.63. The van der Waals surface area contributed by atoms with Gasteiger partial charge in [-0.25, -0.2) is 0 Å². The fourth-order valence-corrected chi connectivity index (χ4v) is 3.54. The Morgan fingerprint density at radius 2 is 2.12 bits per heavy atom. The van der Waals surface area contributed by atoms with Crippen molar-refractivity contribution in [3.8, 4) is 0 Å². The minimum absolute atomic E-state index is 0.0218. The van der Waals surface area contributed by atoms with E-state index in [9.17, 15) is 0 Å². The number of rotatable bonds is 3. The van der Waals surface area contributed by atoms with E-state index in [4.69, 9.17) is 4.74 Å². The highest BCUT2D eigenvalue weighted by molar-refractivity contribution is 4.92. The lowest BCUT2D eigenvalue weighted by Gasteiger charge is -2.44. The molecule has 1 saturated heterocycles. The maximum Gasteiger partial charge on any atom is 0.0757 e. The number of morpholine rings is 1. The molecule has 100 valence electrons. The molecular formula is C14H28N2O. The molecule has 17 heavy (non-hydrogen) atoms. The predicted octanol–water partition coefficient (Wildman–Crippen LogP) is 2.02. The molecule has 0 spiro atoms. The molecule has 3 heteroatoms. The lowest BCUT2D eigenvalue weighted by Crippen LogP contribution is -2.54. The molecule has 3 nitrogen and oxygen atoms in total. The van der Waals surface area contributed by atoms with E-state index < -0.39 is 0 Å². The van der Waals surface area contributed by atoms with Crippen molar-refractivity contribution < 1.29 is 4.74 Å². The van der Waals surface area contributed by atoms with E-state index in [-0.39, 0.29) is 5.60 Å². The first-order valence-electron chi connectivity index (χ1n) is 7.15. The average molecular weight is 240 g/mol. The quantitative estimate of drug-likeness (QED) is 0.817. The van der Waals surface area contributed by atoms with Crippen LogP contribution in [-0.2, 0) is 4.74 Å². The van der Waals surface area contributed by atoms with E-state index in [0.717, 1.165) is 31.7 Å². The molecule has 0 amide bonds. The molecule has 0 bridgehead atoms. The summed E-state index contributed by atoms with van der Waals surface area (Å²) in [6.07, 6.45) is 4.37. The maximum absolute atomic E-state index is 5.98. The molecule has 0 aromatic heterocycles. The van der Waals surface area contributed by atoms with Gasteiger partial charge in [-0.2, -0.15) is 0 Å². The topological polar surface area (TPSA) is 24.5 Å². The molecule has 0 aromatic carbocycles. The second kappa shape index (κ2) is 5.25. The Morgan fingerprint density at radius 1 is 1.35 bits per heavy atom. The first kappa shape index (κ1) is 13.3. The molecule has 1 heterocycles. The van der Waals surface area contributed by atoms with Crippen LogP contribution in [0.4, 0.5) is 0 Å². The van der Waals surface area contributed by atoms with Gasteiger partial charge in [0, 0.05) is 25.2 Å². The van der Waals surface area contributed by atoms with Crippen molar-refractivity contribution in [2.75, 3.05) is 19.6 Å². The van der Waals surface area contributed by atoms with Crippen LogP contribution in [0.15, 0.2) is 0 Å². The van der Waals surface area contributed by atoms with Crippen LogP contribution < -0.4 is 5.32 Å². The van der Waals surface area contributed by atoms with Crippen LogP contribution in [0.2, 0.25) is 0 Å². The van der Waals surface area contributed by atoms with Crippen LogP contribution in [0.25, 0.3) is 0 Å². The number of hydrogen-bond acceptors (Lipinski definition) is 3. The predicted molar refractivity (Wildman–Crippen MR) is 71.3 cm³/mol. The second-order valence-corrected chi connectivity index (χ2v) is 6.34. The molecule has 1 saturated carbocycles.